The highest BCUT2D eigenvalue weighted by Gasteiger charge is 2.46. The zero-order chi connectivity index (χ0) is 31.2. The Hall–Kier alpha value is -3.73. The van der Waals surface area contributed by atoms with Gasteiger partial charge in [-0.05, 0) is 48.7 Å². The Labute approximate surface area is 249 Å². The van der Waals surface area contributed by atoms with Gasteiger partial charge < -0.3 is 24.5 Å². The Morgan fingerprint density at radius 3 is 2.60 bits per heavy atom. The SMILES string of the molecule is CB(O)N1CC(C)(CO[Si](C)(C)C(C)(C)C)c2cc(-c3ccnc(Nc4cc(C(=O)N(C)C)nn4C)n3)cc(C#N)c21. The Morgan fingerprint density at radius 1 is 1.31 bits per heavy atom. The molecular formula is C29H41BN8O3Si. The third-order valence-corrected chi connectivity index (χ3v) is 12.9. The summed E-state index contributed by atoms with van der Waals surface area (Å²) in [5.74, 6) is 0.683. The second-order valence-corrected chi connectivity index (χ2v) is 17.8. The second-order valence-electron chi connectivity index (χ2n) is 13.0. The maximum absolute atomic E-state index is 12.4. The molecule has 42 heavy (non-hydrogen) atoms. The van der Waals surface area contributed by atoms with E-state index in [1.54, 1.807) is 57.0 Å². The number of hydrogen-bond donors (Lipinski definition) is 2. The van der Waals surface area contributed by atoms with Gasteiger partial charge in [0.25, 0.3) is 5.91 Å². The Bertz CT molecular complexity index is 1540. The van der Waals surface area contributed by atoms with Gasteiger partial charge in [-0.15, -0.1) is 0 Å². The number of nitriles is 1. The molecule has 4 rings (SSSR count). The summed E-state index contributed by atoms with van der Waals surface area (Å²) in [4.78, 5) is 24.8. The molecule has 13 heteroatoms. The first kappa shape index (κ1) is 31.2. The van der Waals surface area contributed by atoms with Crippen LogP contribution in [0.25, 0.3) is 11.3 Å². The Kier molecular flexibility index (Phi) is 8.30. The molecule has 1 unspecified atom stereocenters. The van der Waals surface area contributed by atoms with Gasteiger partial charge in [-0.2, -0.15) is 10.4 Å². The van der Waals surface area contributed by atoms with Gasteiger partial charge in [0, 0.05) is 63.2 Å². The number of aromatic nitrogens is 4. The summed E-state index contributed by atoms with van der Waals surface area (Å²) in [6.45, 7) is 15.9. The number of aryl methyl sites for hydroxylation is 1. The van der Waals surface area contributed by atoms with Crippen molar-refractivity contribution < 1.29 is 14.2 Å². The fraction of sp³-hybridized carbons (Fsp3) is 0.483. The number of carbonyl (C=O) groups excluding carboxylic acids is 1. The van der Waals surface area contributed by atoms with Crippen LogP contribution in [0.3, 0.4) is 0 Å². The minimum atomic E-state index is -2.06. The number of hydrogen-bond acceptors (Lipinski definition) is 9. The van der Waals surface area contributed by atoms with Gasteiger partial charge in [-0.1, -0.05) is 27.7 Å². The summed E-state index contributed by atoms with van der Waals surface area (Å²) in [6, 6.07) is 9.65. The first-order valence-electron chi connectivity index (χ1n) is 14.0. The molecule has 222 valence electrons. The van der Waals surface area contributed by atoms with Gasteiger partial charge in [0.15, 0.2) is 14.0 Å². The number of fused-ring (bicyclic) bond motifs is 1. The number of rotatable bonds is 8. The quantitative estimate of drug-likeness (QED) is 0.368. The van der Waals surface area contributed by atoms with E-state index in [9.17, 15) is 15.1 Å². The predicted molar refractivity (Wildman–Crippen MR) is 168 cm³/mol. The molecule has 1 aromatic carbocycles. The lowest BCUT2D eigenvalue weighted by Crippen LogP contribution is -2.47. The smallest absolute Gasteiger partial charge is 0.409 e. The molecule has 2 N–H and O–H groups in total. The highest BCUT2D eigenvalue weighted by molar-refractivity contribution is 6.74. The van der Waals surface area contributed by atoms with E-state index in [-0.39, 0.29) is 10.9 Å². The molecule has 3 aromatic rings. The summed E-state index contributed by atoms with van der Waals surface area (Å²) >= 11 is 0. The van der Waals surface area contributed by atoms with Gasteiger partial charge >= 0.3 is 7.05 Å². The molecule has 0 saturated heterocycles. The summed E-state index contributed by atoms with van der Waals surface area (Å²) in [6.07, 6.45) is 1.65. The van der Waals surface area contributed by atoms with Crippen LogP contribution < -0.4 is 10.1 Å². The molecule has 0 fully saturated rings. The fourth-order valence-electron chi connectivity index (χ4n) is 4.79. The van der Waals surface area contributed by atoms with E-state index in [2.05, 4.69) is 68.3 Å². The maximum atomic E-state index is 12.4. The molecule has 0 radical (unpaired) electrons. The van der Waals surface area contributed by atoms with Crippen molar-refractivity contribution in [1.29, 1.82) is 5.26 Å². The van der Waals surface area contributed by atoms with Gasteiger partial charge in [-0.25, -0.2) is 9.97 Å². The third-order valence-electron chi connectivity index (χ3n) is 8.39. The van der Waals surface area contributed by atoms with Crippen molar-refractivity contribution in [3.63, 3.8) is 0 Å². The number of carbonyl (C=O) groups is 1. The van der Waals surface area contributed by atoms with Crippen LogP contribution in [0.1, 0.15) is 49.3 Å². The van der Waals surface area contributed by atoms with Crippen molar-refractivity contribution in [3.05, 3.63) is 47.3 Å². The number of nitrogens with zero attached hydrogens (tertiary/aromatic N) is 7. The Balaban J connectivity index is 1.73. The molecule has 1 amide bonds. The minimum Gasteiger partial charge on any atom is -0.432 e. The van der Waals surface area contributed by atoms with Crippen LogP contribution in [0.15, 0.2) is 30.5 Å². The van der Waals surface area contributed by atoms with Crippen LogP contribution in [0.5, 0.6) is 0 Å². The normalized spacial score (nSPS) is 16.7. The van der Waals surface area contributed by atoms with Crippen LogP contribution in [0.2, 0.25) is 25.0 Å². The summed E-state index contributed by atoms with van der Waals surface area (Å²) in [5, 5.41) is 28.4. The largest absolute Gasteiger partial charge is 0.432 e. The van der Waals surface area contributed by atoms with Crippen LogP contribution >= 0.6 is 0 Å². The van der Waals surface area contributed by atoms with E-state index < -0.39 is 20.8 Å². The van der Waals surface area contributed by atoms with Crippen molar-refractivity contribution in [3.8, 4) is 17.3 Å². The molecule has 2 aromatic heterocycles. The van der Waals surface area contributed by atoms with Crippen LogP contribution in [0, 0.1) is 11.3 Å². The molecule has 0 aliphatic carbocycles. The minimum absolute atomic E-state index is 0.0488. The lowest BCUT2D eigenvalue weighted by Gasteiger charge is -2.39. The molecule has 3 heterocycles. The molecule has 1 aliphatic rings. The Morgan fingerprint density at radius 2 is 2.00 bits per heavy atom. The number of anilines is 3. The van der Waals surface area contributed by atoms with Crippen molar-refractivity contribution in [1.82, 2.24) is 24.6 Å². The molecule has 11 nitrogen and oxygen atoms in total. The first-order valence-corrected chi connectivity index (χ1v) is 16.9. The number of benzene rings is 1. The zero-order valence-electron chi connectivity index (χ0n) is 26.3. The maximum Gasteiger partial charge on any atom is 0.409 e. The van der Waals surface area contributed by atoms with E-state index in [0.29, 0.717) is 41.9 Å². The topological polar surface area (TPSA) is 132 Å². The lowest BCUT2D eigenvalue weighted by atomic mass is 9.83. The van der Waals surface area contributed by atoms with E-state index in [1.807, 2.05) is 4.81 Å². The zero-order valence-corrected chi connectivity index (χ0v) is 27.3. The fourth-order valence-corrected chi connectivity index (χ4v) is 5.90. The standard InChI is InChI=1S/C29H41BN8O3Si/c1-28(2,3)42(9,10)41-18-29(4)17-38(30(5)40)25-20(16-31)13-19(14-21(25)29)22-11-12-32-27(33-22)34-24-15-23(35-37(24)8)26(39)36(6)7/h11-15,40H,17-18H2,1-10H3,(H,32,33,34). The lowest BCUT2D eigenvalue weighted by molar-refractivity contribution is 0.0821. The van der Waals surface area contributed by atoms with Gasteiger partial charge in [0.1, 0.15) is 11.9 Å². The second kappa shape index (κ2) is 11.2. The molecule has 0 saturated carbocycles. The summed E-state index contributed by atoms with van der Waals surface area (Å²) in [5.41, 5.74) is 3.38. The van der Waals surface area contributed by atoms with E-state index in [1.165, 1.54) is 4.90 Å². The van der Waals surface area contributed by atoms with Crippen LogP contribution in [-0.2, 0) is 16.9 Å². The van der Waals surface area contributed by atoms with Gasteiger partial charge in [0.05, 0.1) is 11.3 Å². The van der Waals surface area contributed by atoms with Crippen LogP contribution in [0.4, 0.5) is 17.5 Å². The predicted octanol–water partition coefficient (Wildman–Crippen LogP) is 4.40. The van der Waals surface area contributed by atoms with E-state index in [4.69, 9.17) is 9.41 Å². The van der Waals surface area contributed by atoms with Crippen LogP contribution in [-0.4, -0.2) is 78.2 Å². The number of nitrogens with one attached hydrogen (secondary N) is 1. The van der Waals surface area contributed by atoms with Gasteiger partial charge in [0.2, 0.25) is 5.95 Å². The average molecular weight is 589 g/mol. The highest BCUT2D eigenvalue weighted by Crippen LogP contribution is 2.47. The average Bonchev–Trinajstić information content (AvgIpc) is 3.43. The van der Waals surface area contributed by atoms with Crippen molar-refractivity contribution >= 4 is 38.7 Å². The summed E-state index contributed by atoms with van der Waals surface area (Å²) in [7, 11) is 2.26. The molecule has 1 atom stereocenters. The van der Waals surface area contributed by atoms with Crippen molar-refractivity contribution in [2.75, 3.05) is 37.4 Å². The number of amides is 1. The van der Waals surface area contributed by atoms with Crippen molar-refractivity contribution in [2.45, 2.75) is 58.1 Å². The first-order chi connectivity index (χ1) is 19.5. The third kappa shape index (κ3) is 5.92. The van der Waals surface area contributed by atoms with Gasteiger partial charge in [-0.3, -0.25) is 9.48 Å². The molecular weight excluding hydrogens is 547 g/mol. The van der Waals surface area contributed by atoms with E-state index >= 15 is 0 Å². The summed E-state index contributed by atoms with van der Waals surface area (Å²) < 4.78 is 8.26. The molecule has 0 bridgehead atoms. The highest BCUT2D eigenvalue weighted by atomic mass is 28.4. The van der Waals surface area contributed by atoms with E-state index in [0.717, 1.165) is 16.8 Å². The monoisotopic (exact) mass is 588 g/mol. The van der Waals surface area contributed by atoms with Crippen molar-refractivity contribution in [2.24, 2.45) is 7.05 Å². The molecule has 1 aliphatic heterocycles. The molecule has 0 spiro atoms.